The summed E-state index contributed by atoms with van der Waals surface area (Å²) in [6.07, 6.45) is -0.655. The van der Waals surface area contributed by atoms with Crippen LogP contribution in [0.15, 0.2) is 42.5 Å². The smallest absolute Gasteiger partial charge is 0.263 e. The summed E-state index contributed by atoms with van der Waals surface area (Å²) in [6.45, 7) is 2.08. The highest BCUT2D eigenvalue weighted by Gasteiger charge is 2.20. The van der Waals surface area contributed by atoms with Crippen molar-refractivity contribution in [2.75, 3.05) is 21.3 Å². The molecule has 2 aromatic rings. The van der Waals surface area contributed by atoms with Gasteiger partial charge in [0.05, 0.1) is 25.9 Å². The Labute approximate surface area is 153 Å². The lowest BCUT2D eigenvalue weighted by Crippen LogP contribution is -2.37. The minimum absolute atomic E-state index is 0.160. The monoisotopic (exact) mass is 354 g/mol. The molecule has 1 unspecified atom stereocenters. The molecular weight excluding hydrogens is 332 g/mol. The van der Waals surface area contributed by atoms with E-state index >= 15 is 0 Å². The van der Waals surface area contributed by atoms with Crippen molar-refractivity contribution in [3.8, 4) is 23.3 Å². The van der Waals surface area contributed by atoms with Crippen LogP contribution < -0.4 is 14.2 Å². The highest BCUT2D eigenvalue weighted by atomic mass is 16.5. The maximum atomic E-state index is 12.6. The Bertz CT molecular complexity index is 796. The number of hydrogen-bond donors (Lipinski definition) is 0. The molecular formula is C20H22N2O4. The molecule has 0 aliphatic carbocycles. The first kappa shape index (κ1) is 19.1. The van der Waals surface area contributed by atoms with Gasteiger partial charge in [-0.2, -0.15) is 5.26 Å². The van der Waals surface area contributed by atoms with Crippen LogP contribution in [0, 0.1) is 11.3 Å². The lowest BCUT2D eigenvalue weighted by molar-refractivity contribution is -0.137. The van der Waals surface area contributed by atoms with Gasteiger partial charge >= 0.3 is 0 Å². The van der Waals surface area contributed by atoms with Gasteiger partial charge in [0, 0.05) is 25.2 Å². The summed E-state index contributed by atoms with van der Waals surface area (Å²) < 4.78 is 16.2. The Kier molecular flexibility index (Phi) is 6.45. The first-order chi connectivity index (χ1) is 12.5. The predicted molar refractivity (Wildman–Crippen MR) is 97.3 cm³/mol. The van der Waals surface area contributed by atoms with E-state index in [-0.39, 0.29) is 5.91 Å². The molecule has 0 fully saturated rings. The lowest BCUT2D eigenvalue weighted by atomic mass is 10.1. The lowest BCUT2D eigenvalue weighted by Gasteiger charge is -2.23. The molecule has 0 saturated heterocycles. The van der Waals surface area contributed by atoms with Crippen molar-refractivity contribution in [1.29, 1.82) is 5.26 Å². The molecule has 26 heavy (non-hydrogen) atoms. The van der Waals surface area contributed by atoms with Gasteiger partial charge in [0.25, 0.3) is 5.91 Å². The van der Waals surface area contributed by atoms with Gasteiger partial charge in [0.2, 0.25) is 0 Å². The number of rotatable bonds is 7. The van der Waals surface area contributed by atoms with Crippen LogP contribution >= 0.6 is 0 Å². The number of nitrogens with zero attached hydrogens (tertiary/aromatic N) is 2. The van der Waals surface area contributed by atoms with Gasteiger partial charge < -0.3 is 19.1 Å². The summed E-state index contributed by atoms with van der Waals surface area (Å²) in [5.41, 5.74) is 1.41. The molecule has 0 heterocycles. The highest BCUT2D eigenvalue weighted by Crippen LogP contribution is 2.25. The summed E-state index contributed by atoms with van der Waals surface area (Å²) >= 11 is 0. The molecule has 0 bridgehead atoms. The third-order valence-corrected chi connectivity index (χ3v) is 3.92. The van der Waals surface area contributed by atoms with E-state index in [9.17, 15) is 4.79 Å². The van der Waals surface area contributed by atoms with Crippen molar-refractivity contribution in [2.24, 2.45) is 0 Å². The summed E-state index contributed by atoms with van der Waals surface area (Å²) in [6, 6.07) is 14.2. The Hall–Kier alpha value is -3.20. The van der Waals surface area contributed by atoms with E-state index in [0.29, 0.717) is 29.4 Å². The minimum Gasteiger partial charge on any atom is -0.497 e. The quantitative estimate of drug-likeness (QED) is 0.764. The molecule has 2 aromatic carbocycles. The fourth-order valence-corrected chi connectivity index (χ4v) is 2.49. The zero-order valence-electron chi connectivity index (χ0n) is 15.4. The van der Waals surface area contributed by atoms with E-state index in [1.54, 1.807) is 63.4 Å². The first-order valence-corrected chi connectivity index (χ1v) is 8.11. The van der Waals surface area contributed by atoms with Crippen molar-refractivity contribution < 1.29 is 19.0 Å². The minimum atomic E-state index is -0.655. The van der Waals surface area contributed by atoms with Crippen LogP contribution in [0.3, 0.4) is 0 Å². The second kappa shape index (κ2) is 8.77. The molecule has 0 saturated carbocycles. The van der Waals surface area contributed by atoms with E-state index in [1.165, 1.54) is 0 Å². The summed E-state index contributed by atoms with van der Waals surface area (Å²) in [4.78, 5) is 14.2. The van der Waals surface area contributed by atoms with Crippen LogP contribution in [0.1, 0.15) is 18.1 Å². The van der Waals surface area contributed by atoms with E-state index in [4.69, 9.17) is 19.5 Å². The van der Waals surface area contributed by atoms with Crippen LogP contribution in [-0.2, 0) is 11.3 Å². The number of ether oxygens (including phenoxy) is 3. The third-order valence-electron chi connectivity index (χ3n) is 3.92. The second-order valence-corrected chi connectivity index (χ2v) is 5.77. The van der Waals surface area contributed by atoms with Gasteiger partial charge in [-0.15, -0.1) is 0 Å². The average Bonchev–Trinajstić information content (AvgIpc) is 2.68. The van der Waals surface area contributed by atoms with Gasteiger partial charge in [0.1, 0.15) is 17.2 Å². The first-order valence-electron chi connectivity index (χ1n) is 8.11. The molecule has 2 rings (SSSR count). The molecule has 1 atom stereocenters. The topological polar surface area (TPSA) is 71.8 Å². The fraction of sp³-hybridized carbons (Fsp3) is 0.300. The summed E-state index contributed by atoms with van der Waals surface area (Å²) in [5, 5.41) is 8.82. The van der Waals surface area contributed by atoms with Gasteiger partial charge in [-0.1, -0.05) is 0 Å². The van der Waals surface area contributed by atoms with E-state index < -0.39 is 6.10 Å². The molecule has 0 spiro atoms. The average molecular weight is 354 g/mol. The highest BCUT2D eigenvalue weighted by molar-refractivity contribution is 5.80. The fourth-order valence-electron chi connectivity index (χ4n) is 2.49. The Morgan fingerprint density at radius 3 is 2.35 bits per heavy atom. The number of carbonyl (C=O) groups excluding carboxylic acids is 1. The molecule has 0 aromatic heterocycles. The second-order valence-electron chi connectivity index (χ2n) is 5.77. The molecule has 0 N–H and O–H groups in total. The third kappa shape index (κ3) is 4.67. The Morgan fingerprint density at radius 1 is 1.12 bits per heavy atom. The zero-order valence-corrected chi connectivity index (χ0v) is 15.4. The van der Waals surface area contributed by atoms with Crippen LogP contribution in [-0.4, -0.2) is 38.2 Å². The molecule has 0 aliphatic rings. The van der Waals surface area contributed by atoms with E-state index in [2.05, 4.69) is 0 Å². The van der Waals surface area contributed by atoms with E-state index in [0.717, 1.165) is 5.56 Å². The number of amides is 1. The SMILES string of the molecule is COc1ccc(CN(C)C(=O)C(C)Oc2ccc(C#N)cc2)c(OC)c1. The van der Waals surface area contributed by atoms with Gasteiger partial charge in [-0.25, -0.2) is 0 Å². The summed E-state index contributed by atoms with van der Waals surface area (Å²) in [5.74, 6) is 1.73. The molecule has 6 nitrogen and oxygen atoms in total. The number of methoxy groups -OCH3 is 2. The van der Waals surface area contributed by atoms with Crippen molar-refractivity contribution in [1.82, 2.24) is 4.90 Å². The van der Waals surface area contributed by atoms with Gasteiger partial charge in [0.15, 0.2) is 6.10 Å². The molecule has 6 heteroatoms. The van der Waals surface area contributed by atoms with Crippen molar-refractivity contribution in [2.45, 2.75) is 19.6 Å². The molecule has 0 aliphatic heterocycles. The van der Waals surface area contributed by atoms with Crippen molar-refractivity contribution in [3.05, 3.63) is 53.6 Å². The van der Waals surface area contributed by atoms with Crippen LogP contribution in [0.2, 0.25) is 0 Å². The van der Waals surface area contributed by atoms with Gasteiger partial charge in [-0.05, 0) is 43.3 Å². The van der Waals surface area contributed by atoms with Crippen molar-refractivity contribution in [3.63, 3.8) is 0 Å². The predicted octanol–water partition coefficient (Wildman–Crippen LogP) is 3.00. The number of nitriles is 1. The normalized spacial score (nSPS) is 11.2. The number of carbonyl (C=O) groups is 1. The Balaban J connectivity index is 2.03. The largest absolute Gasteiger partial charge is 0.497 e. The standard InChI is InChI=1S/C20H22N2O4/c1-14(26-17-8-5-15(12-21)6-9-17)20(23)22(2)13-16-7-10-18(24-3)11-19(16)25-4/h5-11,14H,13H2,1-4H3. The van der Waals surface area contributed by atoms with Gasteiger partial charge in [-0.3, -0.25) is 4.79 Å². The van der Waals surface area contributed by atoms with Crippen LogP contribution in [0.4, 0.5) is 0 Å². The zero-order chi connectivity index (χ0) is 19.1. The maximum Gasteiger partial charge on any atom is 0.263 e. The molecule has 1 amide bonds. The van der Waals surface area contributed by atoms with E-state index in [1.807, 2.05) is 18.2 Å². The number of likely N-dealkylation sites (N-methyl/N-ethyl adjacent to an activating group) is 1. The van der Waals surface area contributed by atoms with Crippen LogP contribution in [0.5, 0.6) is 17.2 Å². The number of hydrogen-bond acceptors (Lipinski definition) is 5. The summed E-state index contributed by atoms with van der Waals surface area (Å²) in [7, 11) is 4.88. The molecule has 0 radical (unpaired) electrons. The molecule has 136 valence electrons. The van der Waals surface area contributed by atoms with Crippen LogP contribution in [0.25, 0.3) is 0 Å². The van der Waals surface area contributed by atoms with Crippen molar-refractivity contribution >= 4 is 5.91 Å². The maximum absolute atomic E-state index is 12.6. The Morgan fingerprint density at radius 2 is 1.77 bits per heavy atom. The number of benzene rings is 2.